The molecule has 0 aliphatic heterocycles. The molecule has 4 nitrogen and oxygen atoms in total. The molecule has 1 amide bonds. The van der Waals surface area contributed by atoms with Gasteiger partial charge in [0.2, 0.25) is 5.91 Å². The summed E-state index contributed by atoms with van der Waals surface area (Å²) < 4.78 is 5.64. The van der Waals surface area contributed by atoms with E-state index in [4.69, 9.17) is 4.74 Å². The molecule has 2 atom stereocenters. The first-order valence-corrected chi connectivity index (χ1v) is 10.1. The lowest BCUT2D eigenvalue weighted by Crippen LogP contribution is -2.50. The van der Waals surface area contributed by atoms with Crippen LogP contribution in [-0.2, 0) is 4.79 Å². The Morgan fingerprint density at radius 3 is 2.20 bits per heavy atom. The summed E-state index contributed by atoms with van der Waals surface area (Å²) in [4.78, 5) is 13.5. The third-order valence-corrected chi connectivity index (χ3v) is 5.35. The van der Waals surface area contributed by atoms with E-state index >= 15 is 0 Å². The molecule has 0 spiro atoms. The van der Waals surface area contributed by atoms with Crippen LogP contribution in [-0.4, -0.2) is 18.6 Å². The zero-order chi connectivity index (χ0) is 21.9. The monoisotopic (exact) mass is 400 g/mol. The van der Waals surface area contributed by atoms with Crippen molar-refractivity contribution in [3.63, 3.8) is 0 Å². The molecular weight excluding hydrogens is 372 g/mol. The summed E-state index contributed by atoms with van der Waals surface area (Å²) in [6, 6.07) is 24.0. The number of nitrogens with one attached hydrogen (secondary N) is 1. The van der Waals surface area contributed by atoms with Crippen LogP contribution >= 0.6 is 0 Å². The van der Waals surface area contributed by atoms with E-state index in [0.717, 1.165) is 21.9 Å². The highest BCUT2D eigenvalue weighted by Crippen LogP contribution is 2.46. The van der Waals surface area contributed by atoms with Crippen molar-refractivity contribution in [3.05, 3.63) is 77.9 Å². The summed E-state index contributed by atoms with van der Waals surface area (Å²) in [5.74, 6) is -0.172. The summed E-state index contributed by atoms with van der Waals surface area (Å²) in [7, 11) is 1.61. The minimum absolute atomic E-state index is 0.304. The lowest BCUT2D eigenvalue weighted by molar-refractivity contribution is -0.129. The van der Waals surface area contributed by atoms with E-state index in [1.807, 2.05) is 87.5 Å². The van der Waals surface area contributed by atoms with E-state index in [2.05, 4.69) is 11.4 Å². The summed E-state index contributed by atoms with van der Waals surface area (Å²) in [6.45, 7) is 7.46. The molecule has 0 aliphatic rings. The van der Waals surface area contributed by atoms with Gasteiger partial charge in [-0.25, -0.2) is 0 Å². The Bertz CT molecular complexity index is 1100. The predicted octanol–water partition coefficient (Wildman–Crippen LogP) is 5.42. The first-order chi connectivity index (χ1) is 14.2. The fourth-order valence-electron chi connectivity index (χ4n) is 3.91. The Balaban J connectivity index is 2.33. The number of ether oxygens (including phenoxy) is 1. The number of hydrogen-bond acceptors (Lipinski definition) is 3. The van der Waals surface area contributed by atoms with Gasteiger partial charge in [0.05, 0.1) is 13.2 Å². The molecule has 2 unspecified atom stereocenters. The third kappa shape index (κ3) is 4.02. The number of hydrogen-bond donors (Lipinski definition) is 1. The van der Waals surface area contributed by atoms with E-state index in [1.54, 1.807) is 14.0 Å². The molecule has 0 saturated heterocycles. The van der Waals surface area contributed by atoms with Gasteiger partial charge in [0.25, 0.3) is 0 Å². The second-order valence-corrected chi connectivity index (χ2v) is 8.76. The zero-order valence-electron chi connectivity index (χ0n) is 18.2. The van der Waals surface area contributed by atoms with Crippen molar-refractivity contribution in [2.45, 2.75) is 39.2 Å². The fraction of sp³-hybridized carbons (Fsp3) is 0.308. The number of carbonyl (C=O) groups excluding carboxylic acids is 1. The molecule has 1 N–H and O–H groups in total. The Morgan fingerprint density at radius 1 is 0.933 bits per heavy atom. The minimum atomic E-state index is -1.36. The van der Waals surface area contributed by atoms with E-state index in [1.165, 1.54) is 0 Å². The van der Waals surface area contributed by atoms with E-state index in [-0.39, 0.29) is 5.91 Å². The Kier molecular flexibility index (Phi) is 5.85. The molecule has 0 saturated carbocycles. The summed E-state index contributed by atoms with van der Waals surface area (Å²) >= 11 is 0. The van der Waals surface area contributed by atoms with Crippen molar-refractivity contribution in [3.8, 4) is 11.8 Å². The normalized spacial score (nSPS) is 14.4. The van der Waals surface area contributed by atoms with Gasteiger partial charge in [0.15, 0.2) is 0 Å². The van der Waals surface area contributed by atoms with Crippen LogP contribution < -0.4 is 10.1 Å². The van der Waals surface area contributed by atoms with Gasteiger partial charge in [-0.05, 0) is 50.1 Å². The highest BCUT2D eigenvalue weighted by molar-refractivity contribution is 5.91. The largest absolute Gasteiger partial charge is 0.496 e. The second kappa shape index (κ2) is 8.20. The van der Waals surface area contributed by atoms with Gasteiger partial charge >= 0.3 is 0 Å². The lowest BCUT2D eigenvalue weighted by atomic mass is 9.68. The van der Waals surface area contributed by atoms with Crippen LogP contribution in [0.25, 0.3) is 10.8 Å². The molecule has 3 aromatic rings. The number of rotatable bonds is 5. The number of nitriles is 1. The maximum absolute atomic E-state index is 13.5. The maximum Gasteiger partial charge on any atom is 0.241 e. The van der Waals surface area contributed by atoms with Gasteiger partial charge in [-0.2, -0.15) is 5.26 Å². The van der Waals surface area contributed by atoms with Crippen molar-refractivity contribution >= 4 is 16.7 Å². The molecule has 0 radical (unpaired) electrons. The van der Waals surface area contributed by atoms with Gasteiger partial charge < -0.3 is 10.1 Å². The first-order valence-electron chi connectivity index (χ1n) is 10.1. The van der Waals surface area contributed by atoms with Crippen LogP contribution in [0.3, 0.4) is 0 Å². The molecule has 0 fully saturated rings. The van der Waals surface area contributed by atoms with Gasteiger partial charge in [0.1, 0.15) is 11.2 Å². The van der Waals surface area contributed by atoms with Crippen LogP contribution in [0.15, 0.2) is 66.7 Å². The van der Waals surface area contributed by atoms with Crippen molar-refractivity contribution in [2.24, 2.45) is 5.41 Å². The number of para-hydroxylation sites is 1. The van der Waals surface area contributed by atoms with Gasteiger partial charge in [-0.1, -0.05) is 60.7 Å². The number of benzene rings is 3. The van der Waals surface area contributed by atoms with Crippen LogP contribution in [0.4, 0.5) is 0 Å². The Morgan fingerprint density at radius 2 is 1.53 bits per heavy atom. The molecule has 0 bridgehead atoms. The first kappa shape index (κ1) is 21.4. The number of carbonyl (C=O) groups is 1. The summed E-state index contributed by atoms with van der Waals surface area (Å²) in [5.41, 5.74) is -0.0825. The topological polar surface area (TPSA) is 62.1 Å². The molecule has 0 aromatic heterocycles. The second-order valence-electron chi connectivity index (χ2n) is 8.76. The van der Waals surface area contributed by atoms with Crippen LogP contribution in [0, 0.1) is 16.7 Å². The van der Waals surface area contributed by atoms with Gasteiger partial charge in [0, 0.05) is 17.0 Å². The van der Waals surface area contributed by atoms with Gasteiger partial charge in [-0.15, -0.1) is 0 Å². The summed E-state index contributed by atoms with van der Waals surface area (Å²) in [5, 5.41) is 15.4. The predicted molar refractivity (Wildman–Crippen MR) is 120 cm³/mol. The standard InChI is InChI=1S/C26H28N2O2/c1-25(2,3)28-24(29)26(4,17-27)23(21-14-8-9-16-22(21)30-5)20-15-10-12-18-11-6-7-13-19(18)20/h6-16,23H,1-5H3,(H,28,29). The van der Waals surface area contributed by atoms with Crippen LogP contribution in [0.2, 0.25) is 0 Å². The zero-order valence-corrected chi connectivity index (χ0v) is 18.2. The lowest BCUT2D eigenvalue weighted by Gasteiger charge is -2.35. The van der Waals surface area contributed by atoms with Crippen LogP contribution in [0.5, 0.6) is 5.75 Å². The van der Waals surface area contributed by atoms with Crippen molar-refractivity contribution in [2.75, 3.05) is 7.11 Å². The molecule has 30 heavy (non-hydrogen) atoms. The highest BCUT2D eigenvalue weighted by Gasteiger charge is 2.46. The molecular formula is C26H28N2O2. The van der Waals surface area contributed by atoms with E-state index in [0.29, 0.717) is 5.75 Å². The SMILES string of the molecule is COc1ccccc1C(c1cccc2ccccc12)C(C)(C#N)C(=O)NC(C)(C)C. The number of fused-ring (bicyclic) bond motifs is 1. The quantitative estimate of drug-likeness (QED) is 0.621. The molecule has 0 aliphatic carbocycles. The molecule has 4 heteroatoms. The van der Waals surface area contributed by atoms with Gasteiger partial charge in [-0.3, -0.25) is 4.79 Å². The fourth-order valence-corrected chi connectivity index (χ4v) is 3.91. The van der Waals surface area contributed by atoms with Crippen molar-refractivity contribution in [1.82, 2.24) is 5.32 Å². The molecule has 3 rings (SSSR count). The third-order valence-electron chi connectivity index (χ3n) is 5.35. The number of amides is 1. The smallest absolute Gasteiger partial charge is 0.241 e. The number of methoxy groups -OCH3 is 1. The van der Waals surface area contributed by atoms with Crippen LogP contribution in [0.1, 0.15) is 44.7 Å². The molecule has 3 aromatic carbocycles. The minimum Gasteiger partial charge on any atom is -0.496 e. The maximum atomic E-state index is 13.5. The summed E-state index contributed by atoms with van der Waals surface area (Å²) in [6.07, 6.45) is 0. The molecule has 154 valence electrons. The Labute approximate surface area is 178 Å². The van der Waals surface area contributed by atoms with Crippen molar-refractivity contribution in [1.29, 1.82) is 5.26 Å². The van der Waals surface area contributed by atoms with E-state index in [9.17, 15) is 10.1 Å². The average molecular weight is 401 g/mol. The highest BCUT2D eigenvalue weighted by atomic mass is 16.5. The average Bonchev–Trinajstić information content (AvgIpc) is 2.73. The van der Waals surface area contributed by atoms with E-state index < -0.39 is 16.9 Å². The number of nitrogens with zero attached hydrogens (tertiary/aromatic N) is 1. The Hall–Kier alpha value is -3.32. The molecule has 0 heterocycles. The van der Waals surface area contributed by atoms with Crippen molar-refractivity contribution < 1.29 is 9.53 Å².